The minimum Gasteiger partial charge on any atom is -0.497 e. The van der Waals surface area contributed by atoms with Gasteiger partial charge in [0.15, 0.2) is 5.82 Å². The number of pyridine rings is 1. The number of benzene rings is 2. The quantitative estimate of drug-likeness (QED) is 0.473. The van der Waals surface area contributed by atoms with E-state index in [2.05, 4.69) is 19.9 Å². The van der Waals surface area contributed by atoms with Gasteiger partial charge >= 0.3 is 0 Å². The molecule has 2 aromatic heterocycles. The van der Waals surface area contributed by atoms with E-state index in [-0.39, 0.29) is 5.91 Å². The predicted molar refractivity (Wildman–Crippen MR) is 114 cm³/mol. The number of imidazole rings is 1. The van der Waals surface area contributed by atoms with Crippen LogP contribution in [0, 0.1) is 0 Å². The Balaban J connectivity index is 1.36. The highest BCUT2D eigenvalue weighted by Crippen LogP contribution is 2.27. The fourth-order valence-electron chi connectivity index (χ4n) is 3.43. The lowest BCUT2D eigenvalue weighted by atomic mass is 10.2. The molecule has 0 aliphatic carbocycles. The Kier molecular flexibility index (Phi) is 5.29. The lowest BCUT2D eigenvalue weighted by Gasteiger charge is -2.09. The molecule has 2 aromatic carbocycles. The molecule has 0 radical (unpaired) electrons. The van der Waals surface area contributed by atoms with Crippen LogP contribution in [0.2, 0.25) is 0 Å². The molecule has 0 saturated heterocycles. The van der Waals surface area contributed by atoms with Crippen molar-refractivity contribution in [3.63, 3.8) is 0 Å². The van der Waals surface area contributed by atoms with Crippen LogP contribution in [0.5, 0.6) is 5.75 Å². The summed E-state index contributed by atoms with van der Waals surface area (Å²) in [4.78, 5) is 21.1. The molecule has 148 valence electrons. The Morgan fingerprint density at radius 3 is 2.72 bits per heavy atom. The molecular formula is C22H23N5O2. The van der Waals surface area contributed by atoms with E-state index in [1.807, 2.05) is 30.6 Å². The van der Waals surface area contributed by atoms with Crippen molar-refractivity contribution >= 4 is 33.7 Å². The number of nitrogen functional groups attached to an aromatic ring is 1. The molecule has 3 N–H and O–H groups in total. The molecule has 0 aliphatic rings. The summed E-state index contributed by atoms with van der Waals surface area (Å²) in [6.45, 7) is 1.41. The largest absolute Gasteiger partial charge is 0.497 e. The number of hydrogen-bond acceptors (Lipinski definition) is 5. The molecule has 0 bridgehead atoms. The van der Waals surface area contributed by atoms with Crippen molar-refractivity contribution in [3.05, 3.63) is 60.4 Å². The molecule has 2 heterocycles. The maximum atomic E-state index is 12.2. The normalized spacial score (nSPS) is 11.1. The number of nitrogens with two attached hydrogens (primary N) is 1. The second kappa shape index (κ2) is 8.18. The van der Waals surface area contributed by atoms with Gasteiger partial charge in [0.1, 0.15) is 11.3 Å². The number of para-hydroxylation sites is 1. The van der Waals surface area contributed by atoms with E-state index < -0.39 is 0 Å². The molecule has 0 aliphatic heterocycles. The number of anilines is 1. The first kappa shape index (κ1) is 18.7. The molecular weight excluding hydrogens is 366 g/mol. The van der Waals surface area contributed by atoms with Crippen LogP contribution in [0.25, 0.3) is 21.9 Å². The van der Waals surface area contributed by atoms with Gasteiger partial charge in [0.2, 0.25) is 0 Å². The van der Waals surface area contributed by atoms with Gasteiger partial charge in [-0.3, -0.25) is 4.79 Å². The zero-order valence-corrected chi connectivity index (χ0v) is 16.3. The third-order valence-electron chi connectivity index (χ3n) is 4.94. The number of nitrogens with zero attached hydrogens (tertiary/aromatic N) is 3. The molecule has 0 saturated carbocycles. The molecule has 1 amide bonds. The molecule has 4 aromatic rings. The van der Waals surface area contributed by atoms with Gasteiger partial charge in [-0.1, -0.05) is 18.2 Å². The summed E-state index contributed by atoms with van der Waals surface area (Å²) in [5.41, 5.74) is 9.31. The van der Waals surface area contributed by atoms with E-state index in [1.54, 1.807) is 31.4 Å². The zero-order chi connectivity index (χ0) is 20.2. The lowest BCUT2D eigenvalue weighted by Crippen LogP contribution is -2.24. The van der Waals surface area contributed by atoms with Gasteiger partial charge in [-0.2, -0.15) is 0 Å². The van der Waals surface area contributed by atoms with Crippen LogP contribution in [0.4, 0.5) is 5.82 Å². The summed E-state index contributed by atoms with van der Waals surface area (Å²) in [7, 11) is 1.60. The monoisotopic (exact) mass is 389 g/mol. The van der Waals surface area contributed by atoms with Crippen molar-refractivity contribution in [2.24, 2.45) is 0 Å². The van der Waals surface area contributed by atoms with Crippen LogP contribution in [0.15, 0.2) is 54.9 Å². The maximum Gasteiger partial charge on any atom is 0.251 e. The topological polar surface area (TPSA) is 95.1 Å². The van der Waals surface area contributed by atoms with Gasteiger partial charge in [0, 0.05) is 24.0 Å². The number of unbranched alkanes of at least 4 members (excludes halogenated alkanes) is 1. The zero-order valence-electron chi connectivity index (χ0n) is 16.3. The highest BCUT2D eigenvalue weighted by molar-refractivity contribution is 6.06. The molecule has 0 atom stereocenters. The van der Waals surface area contributed by atoms with Gasteiger partial charge in [0.25, 0.3) is 5.91 Å². The number of nitrogens with one attached hydrogen (secondary N) is 1. The minimum atomic E-state index is -0.0782. The molecule has 29 heavy (non-hydrogen) atoms. The number of methoxy groups -OCH3 is 1. The Labute approximate surface area is 168 Å². The van der Waals surface area contributed by atoms with E-state index in [1.165, 1.54) is 0 Å². The number of hydrogen-bond donors (Lipinski definition) is 2. The Morgan fingerprint density at radius 2 is 1.93 bits per heavy atom. The second-order valence-corrected chi connectivity index (χ2v) is 6.84. The van der Waals surface area contributed by atoms with E-state index in [9.17, 15) is 4.79 Å². The fraction of sp³-hybridized carbons (Fsp3) is 0.227. The summed E-state index contributed by atoms with van der Waals surface area (Å²) >= 11 is 0. The van der Waals surface area contributed by atoms with E-state index in [0.717, 1.165) is 47.1 Å². The standard InChI is InChI=1S/C22H23N5O2/c1-29-16-10-8-15(9-11-16)22(28)24-12-4-5-13-27-14-25-19-20(27)17-6-2-3-7-18(17)26-21(19)23/h2-3,6-11,14H,4-5,12-13H2,1H3,(H2,23,26)(H,24,28). The number of fused-ring (bicyclic) bond motifs is 3. The summed E-state index contributed by atoms with van der Waals surface area (Å²) in [6.07, 6.45) is 3.58. The first-order valence-corrected chi connectivity index (χ1v) is 9.58. The van der Waals surface area contributed by atoms with Crippen molar-refractivity contribution in [2.45, 2.75) is 19.4 Å². The van der Waals surface area contributed by atoms with Crippen molar-refractivity contribution in [3.8, 4) is 5.75 Å². The molecule has 0 fully saturated rings. The highest BCUT2D eigenvalue weighted by Gasteiger charge is 2.12. The summed E-state index contributed by atoms with van der Waals surface area (Å²) in [5, 5.41) is 4.00. The van der Waals surface area contributed by atoms with Gasteiger partial charge in [-0.05, 0) is 43.2 Å². The van der Waals surface area contributed by atoms with Gasteiger partial charge in [-0.15, -0.1) is 0 Å². The number of amides is 1. The second-order valence-electron chi connectivity index (χ2n) is 6.84. The van der Waals surface area contributed by atoms with Crippen LogP contribution < -0.4 is 15.8 Å². The van der Waals surface area contributed by atoms with Crippen molar-refractivity contribution in [1.82, 2.24) is 19.9 Å². The van der Waals surface area contributed by atoms with Crippen LogP contribution in [-0.2, 0) is 6.54 Å². The minimum absolute atomic E-state index is 0.0782. The van der Waals surface area contributed by atoms with Crippen LogP contribution in [0.3, 0.4) is 0 Å². The highest BCUT2D eigenvalue weighted by atomic mass is 16.5. The first-order valence-electron chi connectivity index (χ1n) is 9.58. The summed E-state index contributed by atoms with van der Waals surface area (Å²) < 4.78 is 7.22. The van der Waals surface area contributed by atoms with Gasteiger partial charge in [-0.25, -0.2) is 9.97 Å². The number of carbonyl (C=O) groups is 1. The first-order chi connectivity index (χ1) is 14.2. The van der Waals surface area contributed by atoms with Crippen molar-refractivity contribution in [2.75, 3.05) is 19.4 Å². The number of carbonyl (C=O) groups excluding carboxylic acids is 1. The number of aryl methyl sites for hydroxylation is 1. The number of rotatable bonds is 7. The Morgan fingerprint density at radius 1 is 1.14 bits per heavy atom. The van der Waals surface area contributed by atoms with E-state index in [4.69, 9.17) is 10.5 Å². The van der Waals surface area contributed by atoms with E-state index in [0.29, 0.717) is 17.9 Å². The van der Waals surface area contributed by atoms with E-state index >= 15 is 0 Å². The third-order valence-corrected chi connectivity index (χ3v) is 4.94. The number of aromatic nitrogens is 3. The SMILES string of the molecule is COc1ccc(C(=O)NCCCCn2cnc3c(N)nc4ccccc4c32)cc1. The molecule has 7 nitrogen and oxygen atoms in total. The van der Waals surface area contributed by atoms with Crippen LogP contribution >= 0.6 is 0 Å². The Bertz CT molecular complexity index is 1150. The summed E-state index contributed by atoms with van der Waals surface area (Å²) in [5.74, 6) is 1.10. The van der Waals surface area contributed by atoms with Gasteiger partial charge < -0.3 is 20.4 Å². The fourth-order valence-corrected chi connectivity index (χ4v) is 3.43. The number of ether oxygens (including phenoxy) is 1. The predicted octanol–water partition coefficient (Wildman–Crippen LogP) is 3.39. The van der Waals surface area contributed by atoms with Crippen LogP contribution in [0.1, 0.15) is 23.2 Å². The summed E-state index contributed by atoms with van der Waals surface area (Å²) in [6, 6.07) is 15.0. The van der Waals surface area contributed by atoms with Crippen molar-refractivity contribution in [1.29, 1.82) is 0 Å². The lowest BCUT2D eigenvalue weighted by molar-refractivity contribution is 0.0953. The molecule has 0 spiro atoms. The smallest absolute Gasteiger partial charge is 0.251 e. The van der Waals surface area contributed by atoms with Crippen molar-refractivity contribution < 1.29 is 9.53 Å². The average molecular weight is 389 g/mol. The van der Waals surface area contributed by atoms with Crippen LogP contribution in [-0.4, -0.2) is 34.1 Å². The molecule has 0 unspecified atom stereocenters. The average Bonchev–Trinajstić information content (AvgIpc) is 3.18. The Hall–Kier alpha value is -3.61. The molecule has 4 rings (SSSR count). The maximum absolute atomic E-state index is 12.2. The molecule has 7 heteroatoms. The van der Waals surface area contributed by atoms with Gasteiger partial charge in [0.05, 0.1) is 24.5 Å². The third kappa shape index (κ3) is 3.85.